The molecule has 1 saturated carbocycles. The maximum absolute atomic E-state index is 11.6. The molecule has 5 nitrogen and oxygen atoms in total. The molecule has 0 radical (unpaired) electrons. The predicted octanol–water partition coefficient (Wildman–Crippen LogP) is 1.35. The van der Waals surface area contributed by atoms with Crippen molar-refractivity contribution in [2.45, 2.75) is 19.8 Å². The van der Waals surface area contributed by atoms with Crippen LogP contribution in [0.2, 0.25) is 0 Å². The predicted molar refractivity (Wildman–Crippen MR) is 69.0 cm³/mol. The first-order valence-electron chi connectivity index (χ1n) is 6.21. The van der Waals surface area contributed by atoms with Gasteiger partial charge in [-0.1, -0.05) is 17.7 Å². The molecule has 0 saturated heterocycles. The van der Waals surface area contributed by atoms with Crippen molar-refractivity contribution >= 4 is 11.9 Å². The minimum Gasteiger partial charge on any atom is -0.484 e. The molecule has 5 heteroatoms. The van der Waals surface area contributed by atoms with Crippen LogP contribution in [0.3, 0.4) is 0 Å². The molecule has 0 unspecified atom stereocenters. The van der Waals surface area contributed by atoms with E-state index >= 15 is 0 Å². The van der Waals surface area contributed by atoms with Gasteiger partial charge in [0.1, 0.15) is 5.75 Å². The van der Waals surface area contributed by atoms with Crippen LogP contribution in [-0.4, -0.2) is 30.1 Å². The molecule has 1 aromatic rings. The van der Waals surface area contributed by atoms with Gasteiger partial charge in [0, 0.05) is 6.54 Å². The maximum Gasteiger partial charge on any atom is 0.311 e. The Balaban J connectivity index is 1.73. The van der Waals surface area contributed by atoms with Crippen molar-refractivity contribution in [1.29, 1.82) is 0 Å². The van der Waals surface area contributed by atoms with Crippen LogP contribution in [-0.2, 0) is 9.59 Å². The van der Waals surface area contributed by atoms with E-state index in [-0.39, 0.29) is 19.1 Å². The highest BCUT2D eigenvalue weighted by atomic mass is 16.5. The molecule has 0 aromatic heterocycles. The topological polar surface area (TPSA) is 75.6 Å². The molecule has 1 aliphatic rings. The number of carboxylic acid groups (broad SMARTS) is 1. The average Bonchev–Trinajstić information content (AvgIpc) is 3.17. The lowest BCUT2D eigenvalue weighted by Crippen LogP contribution is -2.36. The summed E-state index contributed by atoms with van der Waals surface area (Å²) in [5.74, 6) is -0.513. The summed E-state index contributed by atoms with van der Waals surface area (Å²) in [6.07, 6.45) is 1.25. The van der Waals surface area contributed by atoms with E-state index < -0.39 is 11.4 Å². The van der Waals surface area contributed by atoms with Gasteiger partial charge < -0.3 is 15.2 Å². The monoisotopic (exact) mass is 263 g/mol. The highest BCUT2D eigenvalue weighted by Crippen LogP contribution is 2.45. The van der Waals surface area contributed by atoms with E-state index in [2.05, 4.69) is 5.32 Å². The van der Waals surface area contributed by atoms with Gasteiger partial charge in [-0.05, 0) is 31.9 Å². The highest BCUT2D eigenvalue weighted by Gasteiger charge is 2.50. The molecule has 1 aromatic carbocycles. The summed E-state index contributed by atoms with van der Waals surface area (Å²) in [5.41, 5.74) is 0.383. The fourth-order valence-electron chi connectivity index (χ4n) is 1.72. The molecule has 102 valence electrons. The first-order chi connectivity index (χ1) is 9.02. The molecule has 19 heavy (non-hydrogen) atoms. The zero-order valence-corrected chi connectivity index (χ0v) is 10.8. The Morgan fingerprint density at radius 1 is 1.32 bits per heavy atom. The molecule has 1 fully saturated rings. The molecule has 2 rings (SSSR count). The second-order valence-corrected chi connectivity index (χ2v) is 4.96. The van der Waals surface area contributed by atoms with Crippen molar-refractivity contribution in [1.82, 2.24) is 5.32 Å². The lowest BCUT2D eigenvalue weighted by molar-refractivity contribution is -0.143. The summed E-state index contributed by atoms with van der Waals surface area (Å²) in [6.45, 7) is 2.05. The minimum absolute atomic E-state index is 0.0985. The van der Waals surface area contributed by atoms with E-state index in [4.69, 9.17) is 9.84 Å². The van der Waals surface area contributed by atoms with Gasteiger partial charge in [-0.3, -0.25) is 9.59 Å². The Hall–Kier alpha value is -2.04. The van der Waals surface area contributed by atoms with Gasteiger partial charge in [0.15, 0.2) is 6.61 Å². The van der Waals surface area contributed by atoms with Gasteiger partial charge in [0.25, 0.3) is 5.91 Å². The summed E-state index contributed by atoms with van der Waals surface area (Å²) in [4.78, 5) is 22.5. The third-order valence-corrected chi connectivity index (χ3v) is 3.32. The highest BCUT2D eigenvalue weighted by molar-refractivity contribution is 5.81. The van der Waals surface area contributed by atoms with Gasteiger partial charge in [0.05, 0.1) is 5.41 Å². The standard InChI is InChI=1S/C14H17NO4/c1-10-2-4-11(5-3-10)19-8-12(16)15-9-14(6-7-14)13(17)18/h2-5H,6-9H2,1H3,(H,15,16)(H,17,18). The molecular formula is C14H17NO4. The zero-order chi connectivity index (χ0) is 13.9. The van der Waals surface area contributed by atoms with Crippen LogP contribution < -0.4 is 10.1 Å². The van der Waals surface area contributed by atoms with Gasteiger partial charge in [-0.25, -0.2) is 0 Å². The van der Waals surface area contributed by atoms with Crippen LogP contribution in [0.25, 0.3) is 0 Å². The maximum atomic E-state index is 11.6. The number of carboxylic acids is 1. The van der Waals surface area contributed by atoms with Crippen molar-refractivity contribution < 1.29 is 19.4 Å². The van der Waals surface area contributed by atoms with Crippen LogP contribution in [0.4, 0.5) is 0 Å². The third-order valence-electron chi connectivity index (χ3n) is 3.32. The zero-order valence-electron chi connectivity index (χ0n) is 10.8. The first-order valence-corrected chi connectivity index (χ1v) is 6.21. The van der Waals surface area contributed by atoms with E-state index in [1.165, 1.54) is 0 Å². The van der Waals surface area contributed by atoms with Crippen molar-refractivity contribution in [2.24, 2.45) is 5.41 Å². The Bertz CT molecular complexity index is 477. The number of carbonyl (C=O) groups excluding carboxylic acids is 1. The lowest BCUT2D eigenvalue weighted by Gasteiger charge is -2.11. The van der Waals surface area contributed by atoms with Crippen molar-refractivity contribution in [3.05, 3.63) is 29.8 Å². The van der Waals surface area contributed by atoms with E-state index in [9.17, 15) is 9.59 Å². The summed E-state index contributed by atoms with van der Waals surface area (Å²) in [5, 5.41) is 11.6. The number of hydrogen-bond acceptors (Lipinski definition) is 3. The molecular weight excluding hydrogens is 246 g/mol. The molecule has 2 N–H and O–H groups in total. The molecule has 0 atom stereocenters. The Morgan fingerprint density at radius 2 is 1.95 bits per heavy atom. The largest absolute Gasteiger partial charge is 0.484 e. The number of nitrogens with one attached hydrogen (secondary N) is 1. The number of aliphatic carboxylic acids is 1. The number of benzene rings is 1. The Kier molecular flexibility index (Phi) is 3.74. The van der Waals surface area contributed by atoms with Gasteiger partial charge in [-0.15, -0.1) is 0 Å². The lowest BCUT2D eigenvalue weighted by atomic mass is 10.1. The quantitative estimate of drug-likeness (QED) is 0.812. The minimum atomic E-state index is -0.841. The van der Waals surface area contributed by atoms with Crippen LogP contribution >= 0.6 is 0 Å². The van der Waals surface area contributed by atoms with Gasteiger partial charge in [0.2, 0.25) is 0 Å². The van der Waals surface area contributed by atoms with Crippen molar-refractivity contribution in [3.8, 4) is 5.75 Å². The van der Waals surface area contributed by atoms with E-state index in [1.807, 2.05) is 19.1 Å². The average molecular weight is 263 g/mol. The first kappa shape index (κ1) is 13.4. The van der Waals surface area contributed by atoms with Gasteiger partial charge in [-0.2, -0.15) is 0 Å². The number of rotatable bonds is 6. The normalized spacial score (nSPS) is 15.6. The fourth-order valence-corrected chi connectivity index (χ4v) is 1.72. The SMILES string of the molecule is Cc1ccc(OCC(=O)NCC2(C(=O)O)CC2)cc1. The smallest absolute Gasteiger partial charge is 0.311 e. The summed E-state index contributed by atoms with van der Waals surface area (Å²) in [6, 6.07) is 7.39. The van der Waals surface area contributed by atoms with Crippen molar-refractivity contribution in [3.63, 3.8) is 0 Å². The number of amides is 1. The second kappa shape index (κ2) is 5.30. The molecule has 0 aliphatic heterocycles. The molecule has 1 aliphatic carbocycles. The van der Waals surface area contributed by atoms with Crippen molar-refractivity contribution in [2.75, 3.05) is 13.2 Å². The molecule has 1 amide bonds. The molecule has 0 spiro atoms. The van der Waals surface area contributed by atoms with Crippen LogP contribution in [0.15, 0.2) is 24.3 Å². The summed E-state index contributed by atoms with van der Waals surface area (Å²) in [7, 11) is 0. The molecule has 0 bridgehead atoms. The number of hydrogen-bond donors (Lipinski definition) is 2. The van der Waals surface area contributed by atoms with Crippen LogP contribution in [0.1, 0.15) is 18.4 Å². The Morgan fingerprint density at radius 3 is 2.47 bits per heavy atom. The molecule has 0 heterocycles. The van der Waals surface area contributed by atoms with E-state index in [1.54, 1.807) is 12.1 Å². The number of ether oxygens (including phenoxy) is 1. The van der Waals surface area contributed by atoms with E-state index in [0.29, 0.717) is 18.6 Å². The second-order valence-electron chi connectivity index (χ2n) is 4.96. The summed E-state index contributed by atoms with van der Waals surface area (Å²) < 4.78 is 5.31. The van der Waals surface area contributed by atoms with Gasteiger partial charge >= 0.3 is 5.97 Å². The Labute approximate surface area is 111 Å². The third kappa shape index (κ3) is 3.47. The fraction of sp³-hybridized carbons (Fsp3) is 0.429. The summed E-state index contributed by atoms with van der Waals surface area (Å²) >= 11 is 0. The number of aryl methyl sites for hydroxylation is 1. The van der Waals surface area contributed by atoms with E-state index in [0.717, 1.165) is 5.56 Å². The number of carbonyl (C=O) groups is 2. The van der Waals surface area contributed by atoms with Crippen LogP contribution in [0.5, 0.6) is 5.75 Å². The van der Waals surface area contributed by atoms with Crippen LogP contribution in [0, 0.1) is 12.3 Å².